The number of para-hydroxylation sites is 1. The molecular formula is C14H14N2O4S. The molecule has 0 radical (unpaired) electrons. The molecule has 2 rings (SSSR count). The van der Waals surface area contributed by atoms with Gasteiger partial charge in [0.25, 0.3) is 0 Å². The molecule has 21 heavy (non-hydrogen) atoms. The predicted molar refractivity (Wildman–Crippen MR) is 78.6 cm³/mol. The van der Waals surface area contributed by atoms with E-state index in [-0.39, 0.29) is 10.7 Å². The first-order valence-electron chi connectivity index (χ1n) is 5.96. The van der Waals surface area contributed by atoms with Crippen molar-refractivity contribution in [2.75, 3.05) is 6.26 Å². The number of hydrogen-bond donors (Lipinski definition) is 2. The molecule has 2 aromatic rings. The zero-order chi connectivity index (χ0) is 15.5. The Hall–Kier alpha value is -2.54. The average molecular weight is 306 g/mol. The van der Waals surface area contributed by atoms with Crippen LogP contribution >= 0.6 is 0 Å². The largest absolute Gasteiger partial charge is 0.457 e. The average Bonchev–Trinajstić information content (AvgIpc) is 2.46. The fraction of sp³-hybridized carbons (Fsp3) is 0.0714. The molecule has 7 heteroatoms. The molecule has 0 saturated carbocycles. The van der Waals surface area contributed by atoms with Crippen molar-refractivity contribution in [2.24, 2.45) is 10.9 Å². The molecule has 2 aromatic carbocycles. The van der Waals surface area contributed by atoms with Crippen LogP contribution in [0.5, 0.6) is 11.5 Å². The summed E-state index contributed by atoms with van der Waals surface area (Å²) < 4.78 is 28.4. The highest BCUT2D eigenvalue weighted by atomic mass is 32.2. The Bertz CT molecular complexity index is 768. The van der Waals surface area contributed by atoms with Crippen molar-refractivity contribution in [3.63, 3.8) is 0 Å². The number of ether oxygens (including phenoxy) is 1. The summed E-state index contributed by atoms with van der Waals surface area (Å²) in [6.45, 7) is 0. The van der Waals surface area contributed by atoms with Crippen molar-refractivity contribution in [1.29, 1.82) is 0 Å². The Labute approximate surface area is 122 Å². The van der Waals surface area contributed by atoms with Gasteiger partial charge < -0.3 is 15.7 Å². The molecule has 0 unspecified atom stereocenters. The Morgan fingerprint density at radius 3 is 2.33 bits per heavy atom. The maximum Gasteiger partial charge on any atom is 0.175 e. The Morgan fingerprint density at radius 1 is 1.14 bits per heavy atom. The molecule has 0 aliphatic carbocycles. The van der Waals surface area contributed by atoms with E-state index in [4.69, 9.17) is 15.7 Å². The maximum absolute atomic E-state index is 11.4. The molecule has 0 atom stereocenters. The first kappa shape index (κ1) is 14.9. The van der Waals surface area contributed by atoms with E-state index in [0.717, 1.165) is 6.26 Å². The maximum atomic E-state index is 11.4. The standard InChI is InChI=1S/C14H14N2O4S/c1-21(18,19)11-8-6-10(7-9-11)20-13-5-3-2-4-12(13)14(15)16-17/h2-9,17H,1H3,(H2,15,16). The third-order valence-electron chi connectivity index (χ3n) is 2.75. The highest BCUT2D eigenvalue weighted by molar-refractivity contribution is 7.90. The van der Waals surface area contributed by atoms with Gasteiger partial charge in [-0.3, -0.25) is 0 Å². The van der Waals surface area contributed by atoms with Crippen LogP contribution in [-0.2, 0) is 9.84 Å². The number of nitrogens with zero attached hydrogens (tertiary/aromatic N) is 1. The number of oxime groups is 1. The Morgan fingerprint density at radius 2 is 1.76 bits per heavy atom. The van der Waals surface area contributed by atoms with Gasteiger partial charge in [-0.05, 0) is 36.4 Å². The minimum absolute atomic E-state index is 0.0710. The normalized spacial score (nSPS) is 12.1. The van der Waals surface area contributed by atoms with E-state index in [1.165, 1.54) is 12.1 Å². The number of benzene rings is 2. The number of rotatable bonds is 4. The summed E-state index contributed by atoms with van der Waals surface area (Å²) in [7, 11) is -3.25. The van der Waals surface area contributed by atoms with Crippen molar-refractivity contribution in [3.05, 3.63) is 54.1 Å². The van der Waals surface area contributed by atoms with Crippen molar-refractivity contribution in [2.45, 2.75) is 4.90 Å². The summed E-state index contributed by atoms with van der Waals surface area (Å²) >= 11 is 0. The summed E-state index contributed by atoms with van der Waals surface area (Å²) in [5, 5.41) is 11.7. The zero-order valence-electron chi connectivity index (χ0n) is 11.2. The predicted octanol–water partition coefficient (Wildman–Crippen LogP) is 1.98. The lowest BCUT2D eigenvalue weighted by atomic mass is 10.2. The van der Waals surface area contributed by atoms with Gasteiger partial charge >= 0.3 is 0 Å². The molecule has 3 N–H and O–H groups in total. The Balaban J connectivity index is 2.31. The lowest BCUT2D eigenvalue weighted by Crippen LogP contribution is -2.14. The van der Waals surface area contributed by atoms with Gasteiger partial charge in [0.15, 0.2) is 15.7 Å². The van der Waals surface area contributed by atoms with Crippen molar-refractivity contribution >= 4 is 15.7 Å². The van der Waals surface area contributed by atoms with Crippen molar-refractivity contribution in [1.82, 2.24) is 0 Å². The molecular weight excluding hydrogens is 292 g/mol. The molecule has 0 bridgehead atoms. The first-order valence-corrected chi connectivity index (χ1v) is 7.86. The third kappa shape index (κ3) is 3.51. The van der Waals surface area contributed by atoms with Crippen LogP contribution in [-0.4, -0.2) is 25.7 Å². The van der Waals surface area contributed by atoms with Gasteiger partial charge in [-0.1, -0.05) is 17.3 Å². The summed E-state index contributed by atoms with van der Waals surface area (Å²) in [6.07, 6.45) is 1.14. The van der Waals surface area contributed by atoms with Gasteiger partial charge in [0.05, 0.1) is 10.5 Å². The molecule has 0 aromatic heterocycles. The highest BCUT2D eigenvalue weighted by Crippen LogP contribution is 2.26. The third-order valence-corrected chi connectivity index (χ3v) is 3.88. The summed E-state index contributed by atoms with van der Waals surface area (Å²) in [5.74, 6) is 0.777. The second kappa shape index (κ2) is 5.84. The fourth-order valence-electron chi connectivity index (χ4n) is 1.70. The van der Waals surface area contributed by atoms with Gasteiger partial charge in [0.1, 0.15) is 11.5 Å². The lowest BCUT2D eigenvalue weighted by molar-refractivity contribution is 0.318. The molecule has 110 valence electrons. The summed E-state index contributed by atoms with van der Waals surface area (Å²) in [5.41, 5.74) is 6.01. The zero-order valence-corrected chi connectivity index (χ0v) is 12.0. The molecule has 0 aliphatic heterocycles. The Kier molecular flexibility index (Phi) is 4.13. The van der Waals surface area contributed by atoms with Gasteiger partial charge in [-0.2, -0.15) is 0 Å². The smallest absolute Gasteiger partial charge is 0.175 e. The minimum Gasteiger partial charge on any atom is -0.457 e. The lowest BCUT2D eigenvalue weighted by Gasteiger charge is -2.10. The quantitative estimate of drug-likeness (QED) is 0.389. The van der Waals surface area contributed by atoms with Crippen LogP contribution in [0.25, 0.3) is 0 Å². The van der Waals surface area contributed by atoms with E-state index < -0.39 is 9.84 Å². The molecule has 6 nitrogen and oxygen atoms in total. The number of nitrogens with two attached hydrogens (primary N) is 1. The minimum atomic E-state index is -3.25. The summed E-state index contributed by atoms with van der Waals surface area (Å²) in [6, 6.07) is 12.8. The van der Waals surface area contributed by atoms with E-state index >= 15 is 0 Å². The molecule has 0 aliphatic rings. The monoisotopic (exact) mass is 306 g/mol. The van der Waals surface area contributed by atoms with Crippen LogP contribution in [0.15, 0.2) is 58.6 Å². The molecule has 0 fully saturated rings. The van der Waals surface area contributed by atoms with E-state index in [2.05, 4.69) is 5.16 Å². The number of sulfone groups is 1. The van der Waals surface area contributed by atoms with E-state index in [1.54, 1.807) is 36.4 Å². The molecule has 0 spiro atoms. The molecule has 0 heterocycles. The van der Waals surface area contributed by atoms with E-state index in [1.807, 2.05) is 0 Å². The number of amidine groups is 1. The van der Waals surface area contributed by atoms with Crippen LogP contribution in [0.4, 0.5) is 0 Å². The van der Waals surface area contributed by atoms with Crippen molar-refractivity contribution in [3.8, 4) is 11.5 Å². The van der Waals surface area contributed by atoms with Crippen LogP contribution in [0, 0.1) is 0 Å². The summed E-state index contributed by atoms with van der Waals surface area (Å²) in [4.78, 5) is 0.208. The number of hydrogen-bond acceptors (Lipinski definition) is 5. The van der Waals surface area contributed by atoms with Crippen LogP contribution in [0.3, 0.4) is 0 Å². The fourth-order valence-corrected chi connectivity index (χ4v) is 2.33. The molecule has 0 amide bonds. The van der Waals surface area contributed by atoms with Gasteiger partial charge in [0.2, 0.25) is 0 Å². The van der Waals surface area contributed by atoms with Crippen LogP contribution in [0.1, 0.15) is 5.56 Å². The molecule has 0 saturated heterocycles. The second-order valence-electron chi connectivity index (χ2n) is 4.33. The van der Waals surface area contributed by atoms with Gasteiger partial charge in [-0.25, -0.2) is 8.42 Å². The SMILES string of the molecule is CS(=O)(=O)c1ccc(Oc2ccccc2/C(N)=N/O)cc1. The second-order valence-corrected chi connectivity index (χ2v) is 6.34. The van der Waals surface area contributed by atoms with Crippen LogP contribution in [0.2, 0.25) is 0 Å². The van der Waals surface area contributed by atoms with Gasteiger partial charge in [-0.15, -0.1) is 0 Å². The highest BCUT2D eigenvalue weighted by Gasteiger charge is 2.10. The first-order chi connectivity index (χ1) is 9.91. The topological polar surface area (TPSA) is 102 Å². The van der Waals surface area contributed by atoms with E-state index in [9.17, 15) is 8.42 Å². The van der Waals surface area contributed by atoms with Gasteiger partial charge in [0, 0.05) is 6.26 Å². The van der Waals surface area contributed by atoms with E-state index in [0.29, 0.717) is 17.1 Å². The van der Waals surface area contributed by atoms with Crippen LogP contribution < -0.4 is 10.5 Å². The van der Waals surface area contributed by atoms with Crippen molar-refractivity contribution < 1.29 is 18.4 Å².